The molecule has 1 fully saturated rings. The second-order valence-electron chi connectivity index (χ2n) is 9.62. The van der Waals surface area contributed by atoms with Gasteiger partial charge in [0.15, 0.2) is 0 Å². The number of benzene rings is 1. The number of anilines is 2. The van der Waals surface area contributed by atoms with Gasteiger partial charge in [-0.05, 0) is 61.9 Å². The Morgan fingerprint density at radius 1 is 1.06 bits per heavy atom. The predicted octanol–water partition coefficient (Wildman–Crippen LogP) is 4.21. The lowest BCUT2D eigenvalue weighted by molar-refractivity contribution is 0.0543. The molecule has 0 unspecified atom stereocenters. The summed E-state index contributed by atoms with van der Waals surface area (Å²) in [7, 11) is 3.78. The first-order valence-electron chi connectivity index (χ1n) is 12.6. The van der Waals surface area contributed by atoms with Gasteiger partial charge in [-0.15, -0.1) is 0 Å². The van der Waals surface area contributed by atoms with Crippen molar-refractivity contribution in [2.45, 2.75) is 43.9 Å². The lowest BCUT2D eigenvalue weighted by Crippen LogP contribution is -2.40. The summed E-state index contributed by atoms with van der Waals surface area (Å²) in [4.78, 5) is 16.6. The van der Waals surface area contributed by atoms with E-state index in [-0.39, 0.29) is 5.41 Å². The van der Waals surface area contributed by atoms with Gasteiger partial charge in [-0.25, -0.2) is 4.98 Å². The van der Waals surface area contributed by atoms with Crippen LogP contribution in [0.15, 0.2) is 48.7 Å². The molecule has 0 radical (unpaired) electrons. The van der Waals surface area contributed by atoms with Gasteiger partial charge in [0.25, 0.3) is 0 Å². The highest BCUT2D eigenvalue weighted by molar-refractivity contribution is 5.53. The number of hydrogen-bond donors (Lipinski definition) is 1. The Morgan fingerprint density at radius 3 is 2.63 bits per heavy atom. The smallest absolute Gasteiger partial charge is 0.227 e. The standard InChI is InChI=1S/C28H35N5O2/c1-33(17-13-22-6-3-4-16-29-22)27-31-25-8-5-7-24(25)26(32-27)30-20-28(14-18-35-19-15-28)21-9-11-23(34-2)12-10-21/h3-4,6,9-12,16H,5,7-8,13-15,17-20H2,1-2H3,(H,30,31,32). The molecule has 1 aliphatic carbocycles. The number of aromatic nitrogens is 3. The summed E-state index contributed by atoms with van der Waals surface area (Å²) in [5.41, 5.74) is 4.88. The van der Waals surface area contributed by atoms with Crippen LogP contribution in [0, 0.1) is 0 Å². The fraction of sp³-hybridized carbons (Fsp3) is 0.464. The molecule has 184 valence electrons. The van der Waals surface area contributed by atoms with Crippen molar-refractivity contribution >= 4 is 11.8 Å². The van der Waals surface area contributed by atoms with E-state index in [2.05, 4.69) is 52.6 Å². The van der Waals surface area contributed by atoms with Gasteiger partial charge in [0.2, 0.25) is 5.95 Å². The molecule has 5 rings (SSSR count). The summed E-state index contributed by atoms with van der Waals surface area (Å²) >= 11 is 0. The van der Waals surface area contributed by atoms with Crippen LogP contribution in [0.2, 0.25) is 0 Å². The molecule has 0 amide bonds. The van der Waals surface area contributed by atoms with Crippen LogP contribution in [0.3, 0.4) is 0 Å². The Bertz CT molecular complexity index is 1110. The van der Waals surface area contributed by atoms with E-state index in [9.17, 15) is 0 Å². The van der Waals surface area contributed by atoms with E-state index in [0.717, 1.165) is 88.0 Å². The Morgan fingerprint density at radius 2 is 1.89 bits per heavy atom. The average molecular weight is 474 g/mol. The lowest BCUT2D eigenvalue weighted by Gasteiger charge is -2.38. The summed E-state index contributed by atoms with van der Waals surface area (Å²) in [6.07, 6.45) is 7.86. The third kappa shape index (κ3) is 5.25. The number of likely N-dealkylation sites (N-methyl/N-ethyl adjacent to an activating group) is 1. The van der Waals surface area contributed by atoms with E-state index in [4.69, 9.17) is 19.4 Å². The maximum Gasteiger partial charge on any atom is 0.227 e. The van der Waals surface area contributed by atoms with Crippen molar-refractivity contribution in [2.24, 2.45) is 0 Å². The molecular weight excluding hydrogens is 438 g/mol. The van der Waals surface area contributed by atoms with Crippen molar-refractivity contribution < 1.29 is 9.47 Å². The van der Waals surface area contributed by atoms with Crippen molar-refractivity contribution in [3.05, 3.63) is 71.2 Å². The van der Waals surface area contributed by atoms with E-state index in [1.807, 2.05) is 18.3 Å². The molecule has 2 aromatic heterocycles. The first-order valence-corrected chi connectivity index (χ1v) is 12.6. The second-order valence-corrected chi connectivity index (χ2v) is 9.62. The largest absolute Gasteiger partial charge is 0.497 e. The van der Waals surface area contributed by atoms with Gasteiger partial charge in [0, 0.05) is 62.6 Å². The zero-order chi connectivity index (χ0) is 24.1. The monoisotopic (exact) mass is 473 g/mol. The summed E-state index contributed by atoms with van der Waals surface area (Å²) in [5.74, 6) is 2.66. The molecule has 35 heavy (non-hydrogen) atoms. The molecule has 3 heterocycles. The molecule has 7 nitrogen and oxygen atoms in total. The number of nitrogens with one attached hydrogen (secondary N) is 1. The van der Waals surface area contributed by atoms with Gasteiger partial charge in [-0.3, -0.25) is 4.98 Å². The summed E-state index contributed by atoms with van der Waals surface area (Å²) in [5, 5.41) is 3.77. The van der Waals surface area contributed by atoms with E-state index in [1.165, 1.54) is 16.8 Å². The Hall–Kier alpha value is -3.19. The predicted molar refractivity (Wildman–Crippen MR) is 138 cm³/mol. The zero-order valence-corrected chi connectivity index (χ0v) is 20.8. The molecule has 0 bridgehead atoms. The average Bonchev–Trinajstić information content (AvgIpc) is 3.40. The van der Waals surface area contributed by atoms with Crippen LogP contribution in [0.25, 0.3) is 0 Å². The normalized spacial score (nSPS) is 16.5. The van der Waals surface area contributed by atoms with Gasteiger partial charge < -0.3 is 19.7 Å². The van der Waals surface area contributed by atoms with Gasteiger partial charge in [-0.2, -0.15) is 4.98 Å². The van der Waals surface area contributed by atoms with Crippen molar-refractivity contribution in [1.82, 2.24) is 15.0 Å². The molecule has 2 aliphatic rings. The second kappa shape index (κ2) is 10.6. The molecular formula is C28H35N5O2. The maximum atomic E-state index is 5.74. The van der Waals surface area contributed by atoms with Crippen molar-refractivity contribution in [3.8, 4) is 5.75 Å². The summed E-state index contributed by atoms with van der Waals surface area (Å²) in [6, 6.07) is 14.6. The Balaban J connectivity index is 1.36. The SMILES string of the molecule is COc1ccc(C2(CNc3nc(N(C)CCc4ccccn4)nc4c3CCC4)CCOCC2)cc1. The van der Waals surface area contributed by atoms with Gasteiger partial charge >= 0.3 is 0 Å². The number of aryl methyl sites for hydroxylation is 1. The van der Waals surface area contributed by atoms with Crippen LogP contribution in [0.5, 0.6) is 5.75 Å². The molecule has 1 saturated heterocycles. The number of nitrogens with zero attached hydrogens (tertiary/aromatic N) is 4. The summed E-state index contributed by atoms with van der Waals surface area (Å²) in [6.45, 7) is 3.19. The van der Waals surface area contributed by atoms with Crippen LogP contribution < -0.4 is 15.0 Å². The number of methoxy groups -OCH3 is 1. The highest BCUT2D eigenvalue weighted by atomic mass is 16.5. The molecule has 1 N–H and O–H groups in total. The van der Waals surface area contributed by atoms with E-state index in [1.54, 1.807) is 7.11 Å². The minimum atomic E-state index is 0.00596. The van der Waals surface area contributed by atoms with Crippen LogP contribution in [0.4, 0.5) is 11.8 Å². The number of pyridine rings is 1. The highest BCUT2D eigenvalue weighted by Gasteiger charge is 2.35. The maximum absolute atomic E-state index is 5.74. The van der Waals surface area contributed by atoms with Crippen LogP contribution >= 0.6 is 0 Å². The van der Waals surface area contributed by atoms with Crippen molar-refractivity contribution in [3.63, 3.8) is 0 Å². The van der Waals surface area contributed by atoms with E-state index >= 15 is 0 Å². The Labute approximate surface area is 207 Å². The van der Waals surface area contributed by atoms with Crippen molar-refractivity contribution in [2.75, 3.05) is 50.7 Å². The van der Waals surface area contributed by atoms with Gasteiger partial charge in [0.05, 0.1) is 12.8 Å². The molecule has 0 spiro atoms. The van der Waals surface area contributed by atoms with Crippen LogP contribution in [0.1, 0.15) is 41.8 Å². The number of rotatable bonds is 9. The zero-order valence-electron chi connectivity index (χ0n) is 20.8. The van der Waals surface area contributed by atoms with Gasteiger partial charge in [-0.1, -0.05) is 18.2 Å². The molecule has 1 aliphatic heterocycles. The Kier molecular flexibility index (Phi) is 7.13. The number of hydrogen-bond acceptors (Lipinski definition) is 7. The molecule has 1 aromatic carbocycles. The van der Waals surface area contributed by atoms with E-state index in [0.29, 0.717) is 0 Å². The minimum absolute atomic E-state index is 0.00596. The molecule has 3 aromatic rings. The number of ether oxygens (including phenoxy) is 2. The highest BCUT2D eigenvalue weighted by Crippen LogP contribution is 2.37. The first kappa shape index (κ1) is 23.5. The minimum Gasteiger partial charge on any atom is -0.497 e. The topological polar surface area (TPSA) is 72.4 Å². The molecule has 0 saturated carbocycles. The molecule has 7 heteroatoms. The van der Waals surface area contributed by atoms with Crippen LogP contribution in [-0.2, 0) is 29.4 Å². The van der Waals surface area contributed by atoms with Gasteiger partial charge in [0.1, 0.15) is 11.6 Å². The fourth-order valence-electron chi connectivity index (χ4n) is 5.19. The first-order chi connectivity index (χ1) is 17.2. The lowest BCUT2D eigenvalue weighted by atomic mass is 9.74. The van der Waals surface area contributed by atoms with Crippen LogP contribution in [-0.4, -0.2) is 55.4 Å². The number of fused-ring (bicyclic) bond motifs is 1. The van der Waals surface area contributed by atoms with E-state index < -0.39 is 0 Å². The fourth-order valence-corrected chi connectivity index (χ4v) is 5.19. The third-order valence-electron chi connectivity index (χ3n) is 7.44. The third-order valence-corrected chi connectivity index (χ3v) is 7.44. The van der Waals surface area contributed by atoms with Crippen molar-refractivity contribution in [1.29, 1.82) is 0 Å². The molecule has 0 atom stereocenters. The summed E-state index contributed by atoms with van der Waals surface area (Å²) < 4.78 is 11.1. The quantitative estimate of drug-likeness (QED) is 0.499.